The number of alkyl carbamates (subject to hydrolysis) is 2. The van der Waals surface area contributed by atoms with Crippen LogP contribution in [0.2, 0.25) is 0 Å². The van der Waals surface area contributed by atoms with Gasteiger partial charge in [-0.2, -0.15) is 0 Å². The molecule has 0 radical (unpaired) electrons. The van der Waals surface area contributed by atoms with Crippen LogP contribution in [0.3, 0.4) is 0 Å². The second kappa shape index (κ2) is 8.80. The van der Waals surface area contributed by atoms with Gasteiger partial charge in [0.25, 0.3) is 0 Å². The lowest BCUT2D eigenvalue weighted by molar-refractivity contribution is 0.177. The van der Waals surface area contributed by atoms with Gasteiger partial charge in [0.1, 0.15) is 13.2 Å². The van der Waals surface area contributed by atoms with Crippen LogP contribution in [0, 0.1) is 0 Å². The van der Waals surface area contributed by atoms with Gasteiger partial charge in [0.2, 0.25) is 0 Å². The molecule has 18 heavy (non-hydrogen) atoms. The first kappa shape index (κ1) is 13.8. The number of ether oxygens (including phenoxy) is 2. The van der Waals surface area contributed by atoms with Gasteiger partial charge < -0.3 is 20.1 Å². The fraction of sp³-hybridized carbons (Fsp3) is 0.364. The van der Waals surface area contributed by atoms with Crippen LogP contribution in [0.15, 0.2) is 30.6 Å². The first-order valence-electron chi connectivity index (χ1n) is 5.45. The summed E-state index contributed by atoms with van der Waals surface area (Å²) in [7, 11) is 0. The molecule has 1 aromatic heterocycles. The van der Waals surface area contributed by atoms with Crippen molar-refractivity contribution in [3.05, 3.63) is 30.6 Å². The Kier molecular flexibility index (Phi) is 6.72. The zero-order chi connectivity index (χ0) is 13.1. The van der Waals surface area contributed by atoms with Crippen molar-refractivity contribution in [1.29, 1.82) is 0 Å². The maximum absolute atomic E-state index is 9.91. The molecule has 2 aliphatic rings. The predicted octanol–water partition coefficient (Wildman–Crippen LogP) is 0.534. The molecule has 98 valence electrons. The van der Waals surface area contributed by atoms with Crippen molar-refractivity contribution in [2.75, 3.05) is 26.3 Å². The molecular formula is C11H15N3O4. The zero-order valence-electron chi connectivity index (χ0n) is 9.80. The number of hydrogen-bond donors (Lipinski definition) is 2. The van der Waals surface area contributed by atoms with E-state index in [9.17, 15) is 9.59 Å². The summed E-state index contributed by atoms with van der Waals surface area (Å²) in [5, 5.41) is 4.92. The Hall–Kier alpha value is -2.31. The molecule has 0 aliphatic carbocycles. The lowest BCUT2D eigenvalue weighted by atomic mass is 10.5. The van der Waals surface area contributed by atoms with Crippen molar-refractivity contribution in [1.82, 2.24) is 15.6 Å². The van der Waals surface area contributed by atoms with E-state index in [0.29, 0.717) is 26.3 Å². The molecule has 2 aliphatic heterocycles. The van der Waals surface area contributed by atoms with Gasteiger partial charge >= 0.3 is 12.2 Å². The summed E-state index contributed by atoms with van der Waals surface area (Å²) >= 11 is 0. The van der Waals surface area contributed by atoms with E-state index in [-0.39, 0.29) is 12.2 Å². The van der Waals surface area contributed by atoms with Gasteiger partial charge in [-0.3, -0.25) is 4.98 Å². The van der Waals surface area contributed by atoms with Crippen LogP contribution in [0.1, 0.15) is 0 Å². The number of amides is 2. The molecule has 2 saturated heterocycles. The molecule has 2 fully saturated rings. The normalized spacial score (nSPS) is 15.8. The summed E-state index contributed by atoms with van der Waals surface area (Å²) in [5.41, 5.74) is 0. The number of pyridine rings is 1. The van der Waals surface area contributed by atoms with Gasteiger partial charge in [-0.05, 0) is 12.1 Å². The first-order valence-corrected chi connectivity index (χ1v) is 5.45. The molecule has 3 rings (SSSR count). The summed E-state index contributed by atoms with van der Waals surface area (Å²) in [6.45, 7) is 2.38. The third-order valence-corrected chi connectivity index (χ3v) is 1.78. The molecule has 0 saturated carbocycles. The number of nitrogens with one attached hydrogen (secondary N) is 2. The highest BCUT2D eigenvalue weighted by molar-refractivity contribution is 5.68. The average molecular weight is 253 g/mol. The Morgan fingerprint density at radius 2 is 1.39 bits per heavy atom. The van der Waals surface area contributed by atoms with Crippen molar-refractivity contribution in [2.45, 2.75) is 0 Å². The molecule has 2 N–H and O–H groups in total. The first-order chi connectivity index (χ1) is 8.79. The van der Waals surface area contributed by atoms with Crippen LogP contribution < -0.4 is 10.6 Å². The second-order valence-electron chi connectivity index (χ2n) is 3.15. The molecular weight excluding hydrogens is 238 g/mol. The maximum Gasteiger partial charge on any atom is 0.407 e. The maximum atomic E-state index is 9.91. The summed E-state index contributed by atoms with van der Waals surface area (Å²) in [4.78, 5) is 23.6. The van der Waals surface area contributed by atoms with Crippen LogP contribution in [0.5, 0.6) is 0 Å². The molecule has 7 nitrogen and oxygen atoms in total. The third kappa shape index (κ3) is 7.04. The van der Waals surface area contributed by atoms with Gasteiger partial charge in [-0.1, -0.05) is 6.07 Å². The van der Waals surface area contributed by atoms with Crippen molar-refractivity contribution >= 4 is 12.2 Å². The molecule has 2 amide bonds. The Balaban J connectivity index is 0.000000135. The second-order valence-corrected chi connectivity index (χ2v) is 3.15. The minimum absolute atomic E-state index is 0.296. The van der Waals surface area contributed by atoms with Gasteiger partial charge in [0, 0.05) is 12.4 Å². The quantitative estimate of drug-likeness (QED) is 0.704. The number of carbonyl (C=O) groups excluding carboxylic acids is 2. The number of cyclic esters (lactones) is 2. The van der Waals surface area contributed by atoms with Gasteiger partial charge in [0.15, 0.2) is 0 Å². The highest BCUT2D eigenvalue weighted by atomic mass is 16.6. The minimum atomic E-state index is -0.296. The lowest BCUT2D eigenvalue weighted by Gasteiger charge is -1.80. The van der Waals surface area contributed by atoms with Crippen LogP contribution in [0.25, 0.3) is 0 Å². The van der Waals surface area contributed by atoms with E-state index >= 15 is 0 Å². The summed E-state index contributed by atoms with van der Waals surface area (Å²) in [6, 6.07) is 5.72. The Morgan fingerprint density at radius 3 is 1.50 bits per heavy atom. The molecule has 0 atom stereocenters. The molecule has 1 aromatic rings. The van der Waals surface area contributed by atoms with Crippen molar-refractivity contribution in [3.63, 3.8) is 0 Å². The fourth-order valence-corrected chi connectivity index (χ4v) is 1.01. The van der Waals surface area contributed by atoms with E-state index in [1.54, 1.807) is 12.4 Å². The standard InChI is InChI=1S/C5H5N.2C3H5NO2/c1-2-4-6-5-3-1;2*5-3-4-1-2-6-3/h1-5H;2*1-2H2,(H,4,5). The van der Waals surface area contributed by atoms with Crippen molar-refractivity contribution < 1.29 is 19.1 Å². The van der Waals surface area contributed by atoms with Crippen molar-refractivity contribution in [2.24, 2.45) is 0 Å². The Labute approximate surface area is 104 Å². The minimum Gasteiger partial charge on any atom is -0.448 e. The van der Waals surface area contributed by atoms with Crippen molar-refractivity contribution in [3.8, 4) is 0 Å². The number of aromatic nitrogens is 1. The Morgan fingerprint density at radius 1 is 0.889 bits per heavy atom. The number of carbonyl (C=O) groups is 2. The molecule has 0 bridgehead atoms. The highest BCUT2D eigenvalue weighted by Gasteiger charge is 2.06. The summed E-state index contributed by atoms with van der Waals surface area (Å²) in [5.74, 6) is 0. The molecule has 0 spiro atoms. The monoisotopic (exact) mass is 253 g/mol. The average Bonchev–Trinajstić information content (AvgIpc) is 3.07. The number of rotatable bonds is 0. The SMILES string of the molecule is O=C1NCCO1.O=C1NCCO1.c1ccncc1. The number of hydrogen-bond acceptors (Lipinski definition) is 5. The van der Waals surface area contributed by atoms with Crippen LogP contribution in [0.4, 0.5) is 9.59 Å². The third-order valence-electron chi connectivity index (χ3n) is 1.78. The smallest absolute Gasteiger partial charge is 0.407 e. The molecule has 0 aromatic carbocycles. The molecule has 3 heterocycles. The van der Waals surface area contributed by atoms with E-state index in [1.807, 2.05) is 18.2 Å². The van der Waals surface area contributed by atoms with Crippen LogP contribution >= 0.6 is 0 Å². The van der Waals surface area contributed by atoms with E-state index in [0.717, 1.165) is 0 Å². The predicted molar refractivity (Wildman–Crippen MR) is 62.9 cm³/mol. The Bertz CT molecular complexity index is 296. The van der Waals surface area contributed by atoms with E-state index in [1.165, 1.54) is 0 Å². The molecule has 7 heteroatoms. The summed E-state index contributed by atoms with van der Waals surface area (Å²) < 4.78 is 8.81. The van der Waals surface area contributed by atoms with Gasteiger partial charge in [-0.15, -0.1) is 0 Å². The molecule has 0 unspecified atom stereocenters. The zero-order valence-corrected chi connectivity index (χ0v) is 9.80. The van der Waals surface area contributed by atoms with Gasteiger partial charge in [0.05, 0.1) is 13.1 Å². The van der Waals surface area contributed by atoms with Crippen LogP contribution in [-0.4, -0.2) is 43.5 Å². The number of nitrogens with zero attached hydrogens (tertiary/aromatic N) is 1. The largest absolute Gasteiger partial charge is 0.448 e. The fourth-order valence-electron chi connectivity index (χ4n) is 1.01. The topological polar surface area (TPSA) is 89.5 Å². The van der Waals surface area contributed by atoms with E-state index < -0.39 is 0 Å². The van der Waals surface area contributed by atoms with Crippen LogP contribution in [-0.2, 0) is 9.47 Å². The lowest BCUT2D eigenvalue weighted by Crippen LogP contribution is -2.11. The van der Waals surface area contributed by atoms with E-state index in [2.05, 4.69) is 25.1 Å². The summed E-state index contributed by atoms with van der Waals surface area (Å²) in [6.07, 6.45) is 2.91. The van der Waals surface area contributed by atoms with E-state index in [4.69, 9.17) is 0 Å². The highest BCUT2D eigenvalue weighted by Crippen LogP contribution is 1.82. The van der Waals surface area contributed by atoms with Gasteiger partial charge in [-0.25, -0.2) is 9.59 Å².